The summed E-state index contributed by atoms with van der Waals surface area (Å²) in [5.41, 5.74) is 0. The third-order valence-electron chi connectivity index (χ3n) is 1.96. The molecule has 0 unspecified atom stereocenters. The third kappa shape index (κ3) is 2.62. The average molecular weight is 172 g/mol. The average Bonchev–Trinajstić information content (AvgIpc) is 2.12. The van der Waals surface area contributed by atoms with Gasteiger partial charge >= 0.3 is 0 Å². The molecule has 0 fully saturated rings. The standard InChI is InChI=1S/C8H16N2O2/c1-6(5-11)10(4)8(12)7(2)9-3/h5-7,9H,1-4H3/t6-,7-/m0/s1. The zero-order valence-corrected chi connectivity index (χ0v) is 8.00. The molecule has 12 heavy (non-hydrogen) atoms. The maximum Gasteiger partial charge on any atom is 0.239 e. The highest BCUT2D eigenvalue weighted by Crippen LogP contribution is 1.96. The Morgan fingerprint density at radius 2 is 2.00 bits per heavy atom. The van der Waals surface area contributed by atoms with Crippen LogP contribution in [0.5, 0.6) is 0 Å². The predicted molar refractivity (Wildman–Crippen MR) is 46.8 cm³/mol. The molecular weight excluding hydrogens is 156 g/mol. The second kappa shape index (κ2) is 4.87. The van der Waals surface area contributed by atoms with E-state index in [9.17, 15) is 9.59 Å². The maximum atomic E-state index is 11.4. The van der Waals surface area contributed by atoms with Crippen molar-refractivity contribution in [1.29, 1.82) is 0 Å². The molecule has 0 aliphatic rings. The molecule has 4 nitrogen and oxygen atoms in total. The Kier molecular flexibility index (Phi) is 4.51. The number of rotatable bonds is 4. The van der Waals surface area contributed by atoms with Crippen LogP contribution in [0.15, 0.2) is 0 Å². The summed E-state index contributed by atoms with van der Waals surface area (Å²) in [4.78, 5) is 23.2. The van der Waals surface area contributed by atoms with Gasteiger partial charge < -0.3 is 15.0 Å². The van der Waals surface area contributed by atoms with Crippen LogP contribution < -0.4 is 5.32 Å². The molecule has 1 N–H and O–H groups in total. The molecule has 0 aromatic heterocycles. The molecule has 4 heteroatoms. The maximum absolute atomic E-state index is 11.4. The number of amides is 1. The molecule has 70 valence electrons. The Morgan fingerprint density at radius 3 is 2.33 bits per heavy atom. The predicted octanol–water partition coefficient (Wildman–Crippen LogP) is -0.360. The monoisotopic (exact) mass is 172 g/mol. The van der Waals surface area contributed by atoms with Crippen LogP contribution in [0.2, 0.25) is 0 Å². The second-order valence-electron chi connectivity index (χ2n) is 2.84. The Bertz CT molecular complexity index is 170. The highest BCUT2D eigenvalue weighted by molar-refractivity contribution is 5.83. The molecule has 0 saturated heterocycles. The van der Waals surface area contributed by atoms with E-state index in [4.69, 9.17) is 0 Å². The van der Waals surface area contributed by atoms with Crippen LogP contribution in [0, 0.1) is 0 Å². The number of hydrogen-bond acceptors (Lipinski definition) is 3. The summed E-state index contributed by atoms with van der Waals surface area (Å²) in [7, 11) is 3.33. The third-order valence-corrected chi connectivity index (χ3v) is 1.96. The van der Waals surface area contributed by atoms with Gasteiger partial charge in [0.2, 0.25) is 5.91 Å². The van der Waals surface area contributed by atoms with Gasteiger partial charge in [0.15, 0.2) is 0 Å². The molecule has 0 spiro atoms. The Labute approximate surface area is 72.9 Å². The minimum atomic E-state index is -0.353. The van der Waals surface area contributed by atoms with Crippen LogP contribution in [0.1, 0.15) is 13.8 Å². The number of carbonyl (C=O) groups is 2. The van der Waals surface area contributed by atoms with Gasteiger partial charge in [-0.1, -0.05) is 0 Å². The highest BCUT2D eigenvalue weighted by Gasteiger charge is 2.19. The number of nitrogens with zero attached hydrogens (tertiary/aromatic N) is 1. The molecule has 0 aromatic carbocycles. The topological polar surface area (TPSA) is 49.4 Å². The van der Waals surface area contributed by atoms with Gasteiger partial charge in [-0.25, -0.2) is 0 Å². The number of likely N-dealkylation sites (N-methyl/N-ethyl adjacent to an activating group) is 2. The minimum absolute atomic E-state index is 0.0721. The van der Waals surface area contributed by atoms with Crippen LogP contribution in [0.25, 0.3) is 0 Å². The van der Waals surface area contributed by atoms with Gasteiger partial charge in [0.25, 0.3) is 0 Å². The Hall–Kier alpha value is -0.900. The van der Waals surface area contributed by atoms with E-state index in [0.717, 1.165) is 6.29 Å². The van der Waals surface area contributed by atoms with Crippen LogP contribution >= 0.6 is 0 Å². The number of nitrogens with one attached hydrogen (secondary N) is 1. The van der Waals surface area contributed by atoms with E-state index in [2.05, 4.69) is 5.32 Å². The van der Waals surface area contributed by atoms with Crippen molar-refractivity contribution in [3.05, 3.63) is 0 Å². The van der Waals surface area contributed by atoms with E-state index in [-0.39, 0.29) is 18.0 Å². The first-order chi connectivity index (χ1) is 5.54. The van der Waals surface area contributed by atoms with Crippen molar-refractivity contribution in [3.8, 4) is 0 Å². The van der Waals surface area contributed by atoms with Crippen LogP contribution in [0.3, 0.4) is 0 Å². The van der Waals surface area contributed by atoms with Crippen LogP contribution in [-0.2, 0) is 9.59 Å². The molecule has 1 amide bonds. The lowest BCUT2D eigenvalue weighted by Crippen LogP contribution is -2.45. The molecule has 2 atom stereocenters. The van der Waals surface area contributed by atoms with Crippen molar-refractivity contribution in [1.82, 2.24) is 10.2 Å². The van der Waals surface area contributed by atoms with Crippen molar-refractivity contribution in [2.24, 2.45) is 0 Å². The molecular formula is C8H16N2O2. The Balaban J connectivity index is 4.18. The summed E-state index contributed by atoms with van der Waals surface area (Å²) in [5.74, 6) is -0.0721. The number of hydrogen-bond donors (Lipinski definition) is 1. The van der Waals surface area contributed by atoms with Crippen molar-refractivity contribution >= 4 is 12.2 Å². The smallest absolute Gasteiger partial charge is 0.239 e. The van der Waals surface area contributed by atoms with Crippen LogP contribution in [-0.4, -0.2) is 43.3 Å². The first-order valence-corrected chi connectivity index (χ1v) is 3.93. The lowest BCUT2D eigenvalue weighted by Gasteiger charge is -2.23. The lowest BCUT2D eigenvalue weighted by molar-refractivity contribution is -0.135. The van der Waals surface area contributed by atoms with Crippen molar-refractivity contribution in [3.63, 3.8) is 0 Å². The van der Waals surface area contributed by atoms with Crippen molar-refractivity contribution in [2.75, 3.05) is 14.1 Å². The minimum Gasteiger partial charge on any atom is -0.335 e. The zero-order chi connectivity index (χ0) is 9.72. The molecule has 0 radical (unpaired) electrons. The summed E-state index contributed by atoms with van der Waals surface area (Å²) in [6.45, 7) is 3.45. The quantitative estimate of drug-likeness (QED) is 0.589. The SMILES string of the molecule is CN[C@@H](C)C(=O)N(C)[C@@H](C)C=O. The van der Waals surface area contributed by atoms with Gasteiger partial charge in [-0.15, -0.1) is 0 Å². The molecule has 0 heterocycles. The van der Waals surface area contributed by atoms with E-state index >= 15 is 0 Å². The summed E-state index contributed by atoms with van der Waals surface area (Å²) in [5, 5.41) is 2.82. The first kappa shape index (κ1) is 11.1. The number of carbonyl (C=O) groups excluding carboxylic acids is 2. The van der Waals surface area contributed by atoms with Crippen molar-refractivity contribution < 1.29 is 9.59 Å². The van der Waals surface area contributed by atoms with Gasteiger partial charge in [0, 0.05) is 7.05 Å². The van der Waals surface area contributed by atoms with Gasteiger partial charge in [0.05, 0.1) is 12.1 Å². The Morgan fingerprint density at radius 1 is 1.50 bits per heavy atom. The van der Waals surface area contributed by atoms with E-state index in [0.29, 0.717) is 0 Å². The molecule has 0 aliphatic heterocycles. The van der Waals surface area contributed by atoms with E-state index in [1.54, 1.807) is 27.9 Å². The molecule has 0 saturated carbocycles. The molecule has 0 rings (SSSR count). The summed E-state index contributed by atoms with van der Waals surface area (Å²) in [6, 6.07) is -0.592. The molecule has 0 aliphatic carbocycles. The fraction of sp³-hybridized carbons (Fsp3) is 0.750. The van der Waals surface area contributed by atoms with E-state index in [1.807, 2.05) is 0 Å². The summed E-state index contributed by atoms with van der Waals surface area (Å²) < 4.78 is 0. The van der Waals surface area contributed by atoms with Gasteiger partial charge in [-0.2, -0.15) is 0 Å². The first-order valence-electron chi connectivity index (χ1n) is 3.93. The fourth-order valence-corrected chi connectivity index (χ4v) is 0.721. The van der Waals surface area contributed by atoms with Crippen LogP contribution in [0.4, 0.5) is 0 Å². The zero-order valence-electron chi connectivity index (χ0n) is 8.00. The summed E-state index contributed by atoms with van der Waals surface area (Å²) in [6.07, 6.45) is 0.750. The lowest BCUT2D eigenvalue weighted by atomic mass is 10.2. The molecule has 0 bridgehead atoms. The molecule has 0 aromatic rings. The van der Waals surface area contributed by atoms with Gasteiger partial charge in [-0.05, 0) is 20.9 Å². The van der Waals surface area contributed by atoms with E-state index in [1.165, 1.54) is 4.90 Å². The normalized spacial score (nSPS) is 15.0. The summed E-state index contributed by atoms with van der Waals surface area (Å²) >= 11 is 0. The number of aldehydes is 1. The largest absolute Gasteiger partial charge is 0.335 e. The van der Waals surface area contributed by atoms with Gasteiger partial charge in [-0.3, -0.25) is 4.79 Å². The van der Waals surface area contributed by atoms with E-state index < -0.39 is 0 Å². The van der Waals surface area contributed by atoms with Gasteiger partial charge in [0.1, 0.15) is 6.29 Å². The highest BCUT2D eigenvalue weighted by atomic mass is 16.2. The fourth-order valence-electron chi connectivity index (χ4n) is 0.721. The second-order valence-corrected chi connectivity index (χ2v) is 2.84. The van der Waals surface area contributed by atoms with Crippen molar-refractivity contribution in [2.45, 2.75) is 25.9 Å².